The zero-order valence-corrected chi connectivity index (χ0v) is 9.39. The topological polar surface area (TPSA) is 20.3 Å². The summed E-state index contributed by atoms with van der Waals surface area (Å²) < 4.78 is 0. The largest absolute Gasteiger partial charge is 0.309 e. The molecule has 1 heterocycles. The lowest BCUT2D eigenvalue weighted by molar-refractivity contribution is -0.145. The summed E-state index contributed by atoms with van der Waals surface area (Å²) in [5.74, 6) is 0.148. The van der Waals surface area contributed by atoms with E-state index in [0.717, 1.165) is 5.56 Å². The zero-order valence-electron chi connectivity index (χ0n) is 9.39. The molecule has 1 amide bonds. The summed E-state index contributed by atoms with van der Waals surface area (Å²) in [4.78, 5) is 13.2. The second-order valence-corrected chi connectivity index (χ2v) is 4.23. The van der Waals surface area contributed by atoms with Gasteiger partial charge in [0, 0.05) is 6.20 Å². The van der Waals surface area contributed by atoms with Crippen LogP contribution in [0.3, 0.4) is 0 Å². The molecule has 0 aromatic heterocycles. The first-order valence-corrected chi connectivity index (χ1v) is 5.35. The van der Waals surface area contributed by atoms with Crippen LogP contribution in [0.25, 0.3) is 6.08 Å². The molecule has 0 bridgehead atoms. The molecule has 2 rings (SSSR count). The Morgan fingerprint density at radius 1 is 1.38 bits per heavy atom. The Bertz CT molecular complexity index is 435. The summed E-state index contributed by atoms with van der Waals surface area (Å²) >= 11 is 0. The van der Waals surface area contributed by atoms with Crippen molar-refractivity contribution in [3.05, 3.63) is 54.8 Å². The maximum atomic E-state index is 11.5. The highest BCUT2D eigenvalue weighted by atomic mass is 16.2. The van der Waals surface area contributed by atoms with Crippen LogP contribution < -0.4 is 0 Å². The highest BCUT2D eigenvalue weighted by Crippen LogP contribution is 2.33. The van der Waals surface area contributed by atoms with Gasteiger partial charge in [0.25, 0.3) is 0 Å². The monoisotopic (exact) mass is 213 g/mol. The van der Waals surface area contributed by atoms with E-state index in [2.05, 4.69) is 6.58 Å². The molecule has 0 aliphatic carbocycles. The van der Waals surface area contributed by atoms with Crippen LogP contribution in [0.5, 0.6) is 0 Å². The molecule has 1 saturated heterocycles. The molecular formula is C14H15NO. The number of carbonyl (C=O) groups excluding carboxylic acids is 1. The van der Waals surface area contributed by atoms with E-state index in [1.807, 2.05) is 55.6 Å². The summed E-state index contributed by atoms with van der Waals surface area (Å²) in [6, 6.07) is 9.94. The molecule has 2 nitrogen and oxygen atoms in total. The van der Waals surface area contributed by atoms with E-state index >= 15 is 0 Å². The number of β-lactam (4-membered cyclic amide) rings is 1. The van der Waals surface area contributed by atoms with Gasteiger partial charge in [-0.25, -0.2) is 0 Å². The van der Waals surface area contributed by atoms with Crippen molar-refractivity contribution in [2.24, 2.45) is 0 Å². The molecule has 1 atom stereocenters. The van der Waals surface area contributed by atoms with Crippen LogP contribution in [0.2, 0.25) is 0 Å². The second-order valence-electron chi connectivity index (χ2n) is 4.23. The number of hydrogen-bond donors (Lipinski definition) is 0. The average molecular weight is 213 g/mol. The maximum Gasteiger partial charge on any atom is 0.229 e. The minimum absolute atomic E-state index is 0.148. The average Bonchev–Trinajstić information content (AvgIpc) is 2.30. The predicted molar refractivity (Wildman–Crippen MR) is 65.5 cm³/mol. The number of likely N-dealkylation sites (tertiary alicyclic amines) is 1. The van der Waals surface area contributed by atoms with Gasteiger partial charge in [0.15, 0.2) is 0 Å². The van der Waals surface area contributed by atoms with E-state index in [-0.39, 0.29) is 11.4 Å². The lowest BCUT2D eigenvalue weighted by Crippen LogP contribution is -2.57. The fourth-order valence-electron chi connectivity index (χ4n) is 1.82. The molecular weight excluding hydrogens is 198 g/mol. The van der Waals surface area contributed by atoms with Gasteiger partial charge >= 0.3 is 0 Å². The van der Waals surface area contributed by atoms with Crippen LogP contribution in [-0.4, -0.2) is 16.3 Å². The normalized spacial score (nSPS) is 24.6. The van der Waals surface area contributed by atoms with E-state index < -0.39 is 0 Å². The van der Waals surface area contributed by atoms with Gasteiger partial charge in [-0.3, -0.25) is 4.79 Å². The summed E-state index contributed by atoms with van der Waals surface area (Å²) in [6.07, 6.45) is 6.15. The summed E-state index contributed by atoms with van der Waals surface area (Å²) in [5.41, 5.74) is 0.885. The summed E-state index contributed by atoms with van der Waals surface area (Å²) in [6.45, 7) is 5.78. The second kappa shape index (κ2) is 3.97. The maximum absolute atomic E-state index is 11.5. The number of hydrogen-bond acceptors (Lipinski definition) is 1. The Kier molecular flexibility index (Phi) is 2.65. The van der Waals surface area contributed by atoms with Crippen molar-refractivity contribution in [2.75, 3.05) is 0 Å². The third-order valence-corrected chi connectivity index (χ3v) is 2.98. The van der Waals surface area contributed by atoms with Gasteiger partial charge in [-0.15, -0.1) is 6.58 Å². The molecule has 16 heavy (non-hydrogen) atoms. The molecule has 1 aliphatic heterocycles. The van der Waals surface area contributed by atoms with Gasteiger partial charge in [0.05, 0.1) is 12.0 Å². The molecule has 2 heteroatoms. The fourth-order valence-corrected chi connectivity index (χ4v) is 1.82. The zero-order chi connectivity index (χ0) is 11.6. The van der Waals surface area contributed by atoms with E-state index in [9.17, 15) is 4.79 Å². The third kappa shape index (κ3) is 1.78. The smallest absolute Gasteiger partial charge is 0.229 e. The van der Waals surface area contributed by atoms with E-state index in [1.165, 1.54) is 0 Å². The molecule has 82 valence electrons. The van der Waals surface area contributed by atoms with Gasteiger partial charge in [0.2, 0.25) is 5.91 Å². The molecule has 1 aromatic carbocycles. The van der Waals surface area contributed by atoms with Crippen LogP contribution in [-0.2, 0) is 4.79 Å². The number of benzene rings is 1. The number of amides is 1. The first-order chi connectivity index (χ1) is 7.65. The van der Waals surface area contributed by atoms with Crippen molar-refractivity contribution in [2.45, 2.75) is 18.9 Å². The van der Waals surface area contributed by atoms with Crippen molar-refractivity contribution in [1.29, 1.82) is 0 Å². The lowest BCUT2D eigenvalue weighted by Gasteiger charge is -2.46. The van der Waals surface area contributed by atoms with E-state index in [4.69, 9.17) is 0 Å². The van der Waals surface area contributed by atoms with E-state index in [0.29, 0.717) is 6.42 Å². The van der Waals surface area contributed by atoms with Gasteiger partial charge in [-0.2, -0.15) is 0 Å². The van der Waals surface area contributed by atoms with E-state index in [1.54, 1.807) is 4.90 Å². The standard InChI is InChI=1S/C14H15NO/c1-3-14(2)11-13(16)15(14)10-9-12-7-5-4-6-8-12/h3-10H,1,11H2,2H3/b10-9+. The SMILES string of the molecule is C=CC1(C)CC(=O)N1/C=C/c1ccccc1. The molecule has 0 spiro atoms. The molecule has 1 aliphatic rings. The molecule has 0 saturated carbocycles. The molecule has 1 aromatic rings. The Hall–Kier alpha value is -1.83. The molecule has 1 fully saturated rings. The molecule has 0 N–H and O–H groups in total. The van der Waals surface area contributed by atoms with Crippen LogP contribution >= 0.6 is 0 Å². The molecule has 0 radical (unpaired) electrons. The Morgan fingerprint density at radius 3 is 2.62 bits per heavy atom. The van der Waals surface area contributed by atoms with Crippen molar-refractivity contribution >= 4 is 12.0 Å². The Morgan fingerprint density at radius 2 is 2.06 bits per heavy atom. The quantitative estimate of drug-likeness (QED) is 0.558. The minimum Gasteiger partial charge on any atom is -0.309 e. The highest BCUT2D eigenvalue weighted by molar-refractivity contribution is 5.87. The predicted octanol–water partition coefficient (Wildman–Crippen LogP) is 2.83. The van der Waals surface area contributed by atoms with Crippen molar-refractivity contribution in [3.63, 3.8) is 0 Å². The highest BCUT2D eigenvalue weighted by Gasteiger charge is 2.43. The van der Waals surface area contributed by atoms with Crippen molar-refractivity contribution in [1.82, 2.24) is 4.90 Å². The summed E-state index contributed by atoms with van der Waals surface area (Å²) in [5, 5.41) is 0. The Labute approximate surface area is 95.9 Å². The van der Waals surface area contributed by atoms with Gasteiger partial charge in [0.1, 0.15) is 0 Å². The lowest BCUT2D eigenvalue weighted by atomic mass is 9.86. The first kappa shape index (κ1) is 10.7. The number of nitrogens with zero attached hydrogens (tertiary/aromatic N) is 1. The minimum atomic E-state index is -0.206. The Balaban J connectivity index is 2.13. The van der Waals surface area contributed by atoms with Crippen LogP contribution in [0.15, 0.2) is 49.2 Å². The number of carbonyl (C=O) groups is 1. The van der Waals surface area contributed by atoms with Crippen LogP contribution in [0, 0.1) is 0 Å². The fraction of sp³-hybridized carbons (Fsp3) is 0.214. The van der Waals surface area contributed by atoms with Crippen LogP contribution in [0.4, 0.5) is 0 Å². The van der Waals surface area contributed by atoms with Gasteiger partial charge < -0.3 is 4.90 Å². The number of rotatable bonds is 3. The first-order valence-electron chi connectivity index (χ1n) is 5.35. The van der Waals surface area contributed by atoms with Crippen molar-refractivity contribution in [3.8, 4) is 0 Å². The third-order valence-electron chi connectivity index (χ3n) is 2.98. The molecule has 1 unspecified atom stereocenters. The van der Waals surface area contributed by atoms with Crippen molar-refractivity contribution < 1.29 is 4.79 Å². The van der Waals surface area contributed by atoms with Crippen LogP contribution in [0.1, 0.15) is 18.9 Å². The van der Waals surface area contributed by atoms with Gasteiger partial charge in [-0.1, -0.05) is 36.4 Å². The summed E-state index contributed by atoms with van der Waals surface area (Å²) in [7, 11) is 0. The van der Waals surface area contributed by atoms with Gasteiger partial charge in [-0.05, 0) is 18.6 Å².